The average molecular weight is 343 g/mol. The van der Waals surface area contributed by atoms with Gasteiger partial charge in [0.15, 0.2) is 11.5 Å². The van der Waals surface area contributed by atoms with Gasteiger partial charge in [0.05, 0.1) is 18.1 Å². The zero-order chi connectivity index (χ0) is 18.2. The van der Waals surface area contributed by atoms with Gasteiger partial charge in [-0.2, -0.15) is 0 Å². The maximum atomic E-state index is 11.7. The molecule has 0 bridgehead atoms. The van der Waals surface area contributed by atoms with E-state index in [2.05, 4.69) is 0 Å². The topological polar surface area (TPSA) is 78.7 Å². The fraction of sp³-hybridized carbons (Fsp3) is 0.316. The third-order valence-electron chi connectivity index (χ3n) is 3.63. The second-order valence-electron chi connectivity index (χ2n) is 5.58. The summed E-state index contributed by atoms with van der Waals surface area (Å²) >= 11 is 0. The van der Waals surface area contributed by atoms with Crippen LogP contribution in [0.5, 0.6) is 11.5 Å². The van der Waals surface area contributed by atoms with Crippen LogP contribution in [0, 0.1) is 17.0 Å². The maximum Gasteiger partial charge on any atom is 0.311 e. The summed E-state index contributed by atoms with van der Waals surface area (Å²) in [4.78, 5) is 22.3. The summed E-state index contributed by atoms with van der Waals surface area (Å²) in [7, 11) is 0. The zero-order valence-electron chi connectivity index (χ0n) is 14.4. The third kappa shape index (κ3) is 5.31. The van der Waals surface area contributed by atoms with Gasteiger partial charge in [0.2, 0.25) is 0 Å². The van der Waals surface area contributed by atoms with Crippen LogP contribution in [0.1, 0.15) is 35.7 Å². The molecule has 0 amide bonds. The molecular formula is C19H21NO5. The van der Waals surface area contributed by atoms with Crippen molar-refractivity contribution in [3.8, 4) is 11.5 Å². The largest absolute Gasteiger partial charge is 0.493 e. The molecule has 0 aliphatic heterocycles. The molecule has 6 nitrogen and oxygen atoms in total. The van der Waals surface area contributed by atoms with Gasteiger partial charge >= 0.3 is 5.69 Å². The molecule has 0 aliphatic rings. The predicted molar refractivity (Wildman–Crippen MR) is 94.5 cm³/mol. The normalized spacial score (nSPS) is 10.3. The van der Waals surface area contributed by atoms with Gasteiger partial charge in [-0.25, -0.2) is 0 Å². The van der Waals surface area contributed by atoms with Crippen LogP contribution < -0.4 is 9.47 Å². The van der Waals surface area contributed by atoms with Crippen LogP contribution in [0.3, 0.4) is 0 Å². The highest BCUT2D eigenvalue weighted by atomic mass is 16.6. The standard InChI is InChI=1S/C19H21NO5/c1-3-18(21)15-7-10-19(17(13-15)20(22)23)25-12-4-11-24-16-8-5-14(2)6-9-16/h5-10,13H,3-4,11-12H2,1-2H3. The Morgan fingerprint density at radius 2 is 1.76 bits per heavy atom. The van der Waals surface area contributed by atoms with Crippen molar-refractivity contribution in [3.05, 3.63) is 63.7 Å². The quantitative estimate of drug-likeness (QED) is 0.293. The van der Waals surface area contributed by atoms with Gasteiger partial charge in [0.25, 0.3) is 0 Å². The maximum absolute atomic E-state index is 11.7. The fourth-order valence-electron chi connectivity index (χ4n) is 2.23. The average Bonchev–Trinajstić information content (AvgIpc) is 2.62. The summed E-state index contributed by atoms with van der Waals surface area (Å²) in [5, 5.41) is 11.2. The second-order valence-corrected chi connectivity index (χ2v) is 5.58. The first kappa shape index (κ1) is 18.4. The van der Waals surface area contributed by atoms with Crippen LogP contribution in [0.4, 0.5) is 5.69 Å². The molecule has 0 saturated carbocycles. The highest BCUT2D eigenvalue weighted by Crippen LogP contribution is 2.28. The van der Waals surface area contributed by atoms with Gasteiger partial charge in [0.1, 0.15) is 5.75 Å². The van der Waals surface area contributed by atoms with Gasteiger partial charge in [-0.15, -0.1) is 0 Å². The Morgan fingerprint density at radius 3 is 2.40 bits per heavy atom. The molecule has 2 aromatic carbocycles. The van der Waals surface area contributed by atoms with E-state index < -0.39 is 4.92 Å². The second kappa shape index (κ2) is 8.82. The summed E-state index contributed by atoms with van der Waals surface area (Å²) in [5.74, 6) is 0.799. The number of Topliss-reactive ketones (excluding diaryl/α,β-unsaturated/α-hetero) is 1. The minimum absolute atomic E-state index is 0.138. The Hall–Kier alpha value is -2.89. The number of carbonyl (C=O) groups is 1. The molecule has 0 aliphatic carbocycles. The van der Waals surface area contributed by atoms with Crippen LogP contribution in [-0.2, 0) is 0 Å². The number of hydrogen-bond acceptors (Lipinski definition) is 5. The number of benzene rings is 2. The molecule has 0 atom stereocenters. The lowest BCUT2D eigenvalue weighted by Crippen LogP contribution is -2.07. The van der Waals surface area contributed by atoms with Gasteiger partial charge in [0, 0.05) is 24.5 Å². The van der Waals surface area contributed by atoms with Crippen molar-refractivity contribution in [2.75, 3.05) is 13.2 Å². The van der Waals surface area contributed by atoms with Crippen molar-refractivity contribution in [1.29, 1.82) is 0 Å². The first-order valence-electron chi connectivity index (χ1n) is 8.15. The Balaban J connectivity index is 1.88. The lowest BCUT2D eigenvalue weighted by atomic mass is 10.1. The Kier molecular flexibility index (Phi) is 6.51. The van der Waals surface area contributed by atoms with Crippen molar-refractivity contribution in [2.45, 2.75) is 26.7 Å². The molecule has 132 valence electrons. The molecule has 2 aromatic rings. The summed E-state index contributed by atoms with van der Waals surface area (Å²) < 4.78 is 11.1. The van der Waals surface area contributed by atoms with Crippen LogP contribution in [-0.4, -0.2) is 23.9 Å². The molecule has 0 aromatic heterocycles. The molecule has 0 N–H and O–H groups in total. The molecule has 0 radical (unpaired) electrons. The van der Waals surface area contributed by atoms with Crippen LogP contribution in [0.2, 0.25) is 0 Å². The number of aryl methyl sites for hydroxylation is 1. The minimum atomic E-state index is -0.537. The van der Waals surface area contributed by atoms with Crippen molar-refractivity contribution in [1.82, 2.24) is 0 Å². The van der Waals surface area contributed by atoms with E-state index in [0.29, 0.717) is 25.0 Å². The van der Waals surface area contributed by atoms with E-state index in [4.69, 9.17) is 9.47 Å². The predicted octanol–water partition coefficient (Wildman–Crippen LogP) is 4.34. The highest BCUT2D eigenvalue weighted by Gasteiger charge is 2.18. The van der Waals surface area contributed by atoms with Crippen molar-refractivity contribution >= 4 is 11.5 Å². The number of rotatable bonds is 9. The first-order valence-corrected chi connectivity index (χ1v) is 8.15. The number of nitro benzene ring substituents is 1. The number of hydrogen-bond donors (Lipinski definition) is 0. The number of ether oxygens (including phenoxy) is 2. The number of nitro groups is 1. The third-order valence-corrected chi connectivity index (χ3v) is 3.63. The van der Waals surface area contributed by atoms with Crippen LogP contribution in [0.25, 0.3) is 0 Å². The molecule has 2 rings (SSSR count). The van der Waals surface area contributed by atoms with E-state index in [1.165, 1.54) is 12.1 Å². The van der Waals surface area contributed by atoms with E-state index >= 15 is 0 Å². The molecule has 0 fully saturated rings. The molecular weight excluding hydrogens is 322 g/mol. The molecule has 25 heavy (non-hydrogen) atoms. The number of nitrogens with zero attached hydrogens (tertiary/aromatic N) is 1. The monoisotopic (exact) mass is 343 g/mol. The SMILES string of the molecule is CCC(=O)c1ccc(OCCCOc2ccc(C)cc2)c([N+](=O)[O-])c1. The highest BCUT2D eigenvalue weighted by molar-refractivity contribution is 5.96. The number of carbonyl (C=O) groups excluding carboxylic acids is 1. The molecule has 6 heteroatoms. The lowest BCUT2D eigenvalue weighted by molar-refractivity contribution is -0.385. The smallest absolute Gasteiger partial charge is 0.311 e. The van der Waals surface area contributed by atoms with Gasteiger partial charge in [-0.1, -0.05) is 24.6 Å². The minimum Gasteiger partial charge on any atom is -0.493 e. The van der Waals surface area contributed by atoms with E-state index in [-0.39, 0.29) is 23.8 Å². The summed E-state index contributed by atoms with van der Waals surface area (Å²) in [5.41, 5.74) is 1.29. The van der Waals surface area contributed by atoms with E-state index in [1.54, 1.807) is 13.0 Å². The number of ketones is 1. The van der Waals surface area contributed by atoms with Crippen LogP contribution >= 0.6 is 0 Å². The van der Waals surface area contributed by atoms with Crippen molar-refractivity contribution in [3.63, 3.8) is 0 Å². The van der Waals surface area contributed by atoms with E-state index in [9.17, 15) is 14.9 Å². The van der Waals surface area contributed by atoms with E-state index in [0.717, 1.165) is 11.3 Å². The van der Waals surface area contributed by atoms with Crippen molar-refractivity contribution in [2.24, 2.45) is 0 Å². The molecule has 0 spiro atoms. The molecule has 0 heterocycles. The molecule has 0 unspecified atom stereocenters. The van der Waals surface area contributed by atoms with E-state index in [1.807, 2.05) is 31.2 Å². The Bertz CT molecular complexity index is 740. The summed E-state index contributed by atoms with van der Waals surface area (Å²) in [6, 6.07) is 12.0. The molecule has 0 saturated heterocycles. The summed E-state index contributed by atoms with van der Waals surface area (Å²) in [6.07, 6.45) is 0.883. The van der Waals surface area contributed by atoms with Crippen molar-refractivity contribution < 1.29 is 19.2 Å². The Morgan fingerprint density at radius 1 is 1.08 bits per heavy atom. The van der Waals surface area contributed by atoms with Crippen LogP contribution in [0.15, 0.2) is 42.5 Å². The zero-order valence-corrected chi connectivity index (χ0v) is 14.4. The lowest BCUT2D eigenvalue weighted by Gasteiger charge is -2.09. The first-order chi connectivity index (χ1) is 12.0. The summed E-state index contributed by atoms with van der Waals surface area (Å²) in [6.45, 7) is 4.45. The van der Waals surface area contributed by atoms with Gasteiger partial charge in [-0.3, -0.25) is 14.9 Å². The Labute approximate surface area is 146 Å². The fourth-order valence-corrected chi connectivity index (χ4v) is 2.23. The van der Waals surface area contributed by atoms with Gasteiger partial charge < -0.3 is 9.47 Å². The van der Waals surface area contributed by atoms with Gasteiger partial charge in [-0.05, 0) is 31.2 Å².